The summed E-state index contributed by atoms with van der Waals surface area (Å²) < 4.78 is 45.0. The van der Waals surface area contributed by atoms with Crippen LogP contribution in [0.5, 0.6) is 5.88 Å². The SMILES string of the molecule is Cc1ncsc1-c1ccc([C@H](C)NC(=O)[C@@H]2C[C@@H](OC(=O)OC(C)C(C)SS(C)(=O)=O)CN2C(=O)[C@@H](c2cc(OCC=O)no2)C(C)C)cc1. The van der Waals surface area contributed by atoms with Crippen LogP contribution in [0.1, 0.15) is 70.0 Å². The number of aromatic nitrogens is 2. The van der Waals surface area contributed by atoms with Gasteiger partial charge in [0.15, 0.2) is 20.9 Å². The third kappa shape index (κ3) is 10.1. The maximum absolute atomic E-state index is 14.2. The first-order valence-electron chi connectivity index (χ1n) is 16.0. The fraction of sp³-hybridized carbons (Fsp3) is 0.515. The lowest BCUT2D eigenvalue weighted by molar-refractivity contribution is -0.141. The molecular formula is C33H42N4O10S3. The predicted molar refractivity (Wildman–Crippen MR) is 187 cm³/mol. The summed E-state index contributed by atoms with van der Waals surface area (Å²) in [7, 11) is -2.72. The zero-order valence-electron chi connectivity index (χ0n) is 28.9. The minimum absolute atomic E-state index is 0.0140. The molecule has 0 saturated carbocycles. The van der Waals surface area contributed by atoms with E-state index in [-0.39, 0.29) is 37.1 Å². The molecule has 0 radical (unpaired) electrons. The van der Waals surface area contributed by atoms with Crippen molar-refractivity contribution < 1.29 is 46.3 Å². The molecule has 2 unspecified atom stereocenters. The Morgan fingerprint density at radius 2 is 1.86 bits per heavy atom. The second-order valence-corrected chi connectivity index (χ2v) is 18.0. The number of nitrogens with zero attached hydrogens (tertiary/aromatic N) is 3. The van der Waals surface area contributed by atoms with E-state index in [2.05, 4.69) is 15.5 Å². The van der Waals surface area contributed by atoms with Gasteiger partial charge in [-0.15, -0.1) is 11.3 Å². The van der Waals surface area contributed by atoms with Gasteiger partial charge in [-0.1, -0.05) is 38.1 Å². The third-order valence-electron chi connectivity index (χ3n) is 8.20. The molecule has 1 aliphatic rings. The number of ether oxygens (including phenoxy) is 3. The van der Waals surface area contributed by atoms with Crippen molar-refractivity contribution in [2.24, 2.45) is 5.92 Å². The molecule has 0 bridgehead atoms. The second-order valence-electron chi connectivity index (χ2n) is 12.4. The van der Waals surface area contributed by atoms with Crippen LogP contribution in [0.2, 0.25) is 0 Å². The van der Waals surface area contributed by atoms with Gasteiger partial charge in [0.25, 0.3) is 5.88 Å². The number of nitrogens with one attached hydrogen (secondary N) is 1. The van der Waals surface area contributed by atoms with Crippen molar-refractivity contribution in [1.29, 1.82) is 0 Å². The molecule has 4 rings (SSSR count). The number of rotatable bonds is 15. The smallest absolute Gasteiger partial charge is 0.468 e. The quantitative estimate of drug-likeness (QED) is 0.126. The summed E-state index contributed by atoms with van der Waals surface area (Å²) in [6.45, 7) is 10.2. The van der Waals surface area contributed by atoms with Crippen molar-refractivity contribution in [3.8, 4) is 16.3 Å². The van der Waals surface area contributed by atoms with E-state index >= 15 is 0 Å². The monoisotopic (exact) mass is 750 g/mol. The highest BCUT2D eigenvalue weighted by Crippen LogP contribution is 2.34. The maximum Gasteiger partial charge on any atom is 0.508 e. The van der Waals surface area contributed by atoms with E-state index in [9.17, 15) is 27.6 Å². The van der Waals surface area contributed by atoms with Crippen molar-refractivity contribution in [3.63, 3.8) is 0 Å². The number of carbonyl (C=O) groups is 4. The van der Waals surface area contributed by atoms with E-state index in [4.69, 9.17) is 18.7 Å². The van der Waals surface area contributed by atoms with E-state index in [1.54, 1.807) is 30.7 Å². The zero-order chi connectivity index (χ0) is 36.7. The van der Waals surface area contributed by atoms with Gasteiger partial charge in [0, 0.05) is 18.7 Å². The number of amides is 2. The molecule has 3 aromatic rings. The lowest BCUT2D eigenvalue weighted by Gasteiger charge is -2.29. The Hall–Kier alpha value is -3.96. The molecule has 1 aromatic carbocycles. The normalized spacial score (nSPS) is 18.6. The number of benzene rings is 1. The van der Waals surface area contributed by atoms with Crippen LogP contribution in [0.3, 0.4) is 0 Å². The number of hydrogen-bond acceptors (Lipinski definition) is 14. The molecule has 272 valence electrons. The standard InChI is InChI=1S/C33H42N4O10S3/c1-18(2)29(27-15-28(36-47-27)44-13-12-38)32(40)37-16-25(46-33(41)45-21(5)22(6)49-50(7,42)43)14-26(37)31(39)35-19(3)23-8-10-24(11-9-23)30-20(4)34-17-48-30/h8-12,15,17-19,21-22,25-26,29H,13-14,16H2,1-7H3,(H,35,39)/t19-,21?,22?,25+,26-,29+/m0/s1. The van der Waals surface area contributed by atoms with Crippen LogP contribution in [-0.2, 0) is 32.7 Å². The van der Waals surface area contributed by atoms with Crippen molar-refractivity contribution in [2.45, 2.75) is 83.4 Å². The molecule has 0 spiro atoms. The minimum atomic E-state index is -3.39. The van der Waals surface area contributed by atoms with E-state index < -0.39 is 62.3 Å². The van der Waals surface area contributed by atoms with Gasteiger partial charge >= 0.3 is 6.16 Å². The summed E-state index contributed by atoms with van der Waals surface area (Å²) in [6, 6.07) is 7.76. The average Bonchev–Trinajstić information content (AvgIpc) is 3.79. The number of thiazole rings is 1. The number of aryl methyl sites for hydroxylation is 1. The van der Waals surface area contributed by atoms with E-state index in [1.807, 2.05) is 52.0 Å². The molecule has 1 fully saturated rings. The second kappa shape index (κ2) is 16.8. The number of likely N-dealkylation sites (tertiary alicyclic amines) is 1. The molecule has 2 aromatic heterocycles. The summed E-state index contributed by atoms with van der Waals surface area (Å²) in [5, 5.41) is 6.23. The third-order valence-corrected chi connectivity index (χ3v) is 12.2. The maximum atomic E-state index is 14.2. The molecule has 0 aliphatic carbocycles. The van der Waals surface area contributed by atoms with Gasteiger partial charge in [0.05, 0.1) is 33.9 Å². The van der Waals surface area contributed by atoms with E-state index in [0.29, 0.717) is 17.1 Å². The highest BCUT2D eigenvalue weighted by atomic mass is 33.1. The predicted octanol–water partition coefficient (Wildman–Crippen LogP) is 4.89. The molecule has 1 N–H and O–H groups in total. The highest BCUT2D eigenvalue weighted by Gasteiger charge is 2.45. The topological polar surface area (TPSA) is 184 Å². The van der Waals surface area contributed by atoms with Crippen LogP contribution in [-0.4, -0.2) is 90.6 Å². The molecule has 14 nitrogen and oxygen atoms in total. The number of carbonyl (C=O) groups excluding carboxylic acids is 4. The van der Waals surface area contributed by atoms with Gasteiger partial charge in [0.1, 0.15) is 30.8 Å². The summed E-state index contributed by atoms with van der Waals surface area (Å²) in [5.74, 6) is -1.88. The van der Waals surface area contributed by atoms with E-state index in [1.165, 1.54) is 11.0 Å². The molecule has 6 atom stereocenters. The molecule has 2 amide bonds. The lowest BCUT2D eigenvalue weighted by atomic mass is 9.91. The van der Waals surface area contributed by atoms with Crippen molar-refractivity contribution in [3.05, 3.63) is 52.9 Å². The fourth-order valence-electron chi connectivity index (χ4n) is 5.56. The largest absolute Gasteiger partial charge is 0.508 e. The van der Waals surface area contributed by atoms with E-state index in [0.717, 1.165) is 28.0 Å². The Labute approximate surface area is 298 Å². The Balaban J connectivity index is 1.53. The molecule has 1 aliphatic heterocycles. The van der Waals surface area contributed by atoms with Crippen LogP contribution < -0.4 is 10.1 Å². The van der Waals surface area contributed by atoms with Crippen LogP contribution in [0.25, 0.3) is 10.4 Å². The first kappa shape index (κ1) is 38.8. The van der Waals surface area contributed by atoms with Crippen LogP contribution >= 0.6 is 22.1 Å². The summed E-state index contributed by atoms with van der Waals surface area (Å²) in [6.07, 6.45) is -1.15. The first-order chi connectivity index (χ1) is 23.6. The molecule has 50 heavy (non-hydrogen) atoms. The Morgan fingerprint density at radius 1 is 1.16 bits per heavy atom. The van der Waals surface area contributed by atoms with Gasteiger partial charge in [-0.3, -0.25) is 14.4 Å². The number of hydrogen-bond donors (Lipinski definition) is 1. The average molecular weight is 751 g/mol. The van der Waals surface area contributed by atoms with Gasteiger partial charge in [0.2, 0.25) is 11.8 Å². The van der Waals surface area contributed by atoms with Gasteiger partial charge in [-0.2, -0.15) is 0 Å². The molecular weight excluding hydrogens is 709 g/mol. The highest BCUT2D eigenvalue weighted by molar-refractivity contribution is 8.72. The fourth-order valence-corrected chi connectivity index (χ4v) is 9.25. The lowest BCUT2D eigenvalue weighted by Crippen LogP contribution is -2.48. The van der Waals surface area contributed by atoms with Gasteiger partial charge in [-0.05, 0) is 60.7 Å². The van der Waals surface area contributed by atoms with Crippen LogP contribution in [0, 0.1) is 12.8 Å². The Kier molecular flexibility index (Phi) is 13.1. The van der Waals surface area contributed by atoms with Crippen molar-refractivity contribution in [1.82, 2.24) is 20.4 Å². The molecule has 3 heterocycles. The Morgan fingerprint density at radius 3 is 2.46 bits per heavy atom. The van der Waals surface area contributed by atoms with Crippen LogP contribution in [0.4, 0.5) is 4.79 Å². The first-order valence-corrected chi connectivity index (χ1v) is 20.1. The van der Waals surface area contributed by atoms with Crippen molar-refractivity contribution >= 4 is 55.3 Å². The Bertz CT molecular complexity index is 1760. The van der Waals surface area contributed by atoms with Gasteiger partial charge < -0.3 is 29.0 Å². The number of aldehydes is 1. The van der Waals surface area contributed by atoms with Crippen LogP contribution in [0.15, 0.2) is 40.4 Å². The van der Waals surface area contributed by atoms with Gasteiger partial charge in [-0.25, -0.2) is 18.2 Å². The summed E-state index contributed by atoms with van der Waals surface area (Å²) >= 11 is 1.55. The van der Waals surface area contributed by atoms with Crippen molar-refractivity contribution in [2.75, 3.05) is 19.4 Å². The molecule has 17 heteroatoms. The minimum Gasteiger partial charge on any atom is -0.468 e. The molecule has 1 saturated heterocycles. The zero-order valence-corrected chi connectivity index (χ0v) is 31.3. The summed E-state index contributed by atoms with van der Waals surface area (Å²) in [5.41, 5.74) is 4.58. The summed E-state index contributed by atoms with van der Waals surface area (Å²) in [4.78, 5) is 58.4.